The lowest BCUT2D eigenvalue weighted by Crippen LogP contribution is -2.42. The SMILES string of the molecule is COC(=O)[C@@H](Cc1c[nH]c2ccccc12)NS(=O)(=O)c1cc(Cl)cc(Cl)c1. The van der Waals surface area contributed by atoms with Crippen molar-refractivity contribution in [1.29, 1.82) is 0 Å². The van der Waals surface area contributed by atoms with E-state index in [2.05, 4.69) is 9.71 Å². The Bertz CT molecular complexity index is 1080. The fraction of sp³-hybridized carbons (Fsp3) is 0.167. The first-order chi connectivity index (χ1) is 12.8. The Labute approximate surface area is 166 Å². The van der Waals surface area contributed by atoms with E-state index >= 15 is 0 Å². The van der Waals surface area contributed by atoms with Crippen LogP contribution in [0.2, 0.25) is 10.0 Å². The monoisotopic (exact) mass is 426 g/mol. The fourth-order valence-electron chi connectivity index (χ4n) is 2.77. The van der Waals surface area contributed by atoms with Crippen LogP contribution in [0.3, 0.4) is 0 Å². The van der Waals surface area contributed by atoms with Crippen molar-refractivity contribution in [2.45, 2.75) is 17.4 Å². The molecular weight excluding hydrogens is 411 g/mol. The second-order valence-corrected chi connectivity index (χ2v) is 8.45. The molecule has 0 fully saturated rings. The lowest BCUT2D eigenvalue weighted by atomic mass is 10.1. The van der Waals surface area contributed by atoms with Crippen LogP contribution in [0.4, 0.5) is 0 Å². The lowest BCUT2D eigenvalue weighted by Gasteiger charge is -2.17. The summed E-state index contributed by atoms with van der Waals surface area (Å²) >= 11 is 11.8. The number of hydrogen-bond acceptors (Lipinski definition) is 4. The summed E-state index contributed by atoms with van der Waals surface area (Å²) in [4.78, 5) is 15.2. The topological polar surface area (TPSA) is 88.3 Å². The molecule has 1 heterocycles. The van der Waals surface area contributed by atoms with E-state index in [1.165, 1.54) is 25.3 Å². The number of rotatable bonds is 6. The van der Waals surface area contributed by atoms with Crippen molar-refractivity contribution < 1.29 is 17.9 Å². The van der Waals surface area contributed by atoms with E-state index in [4.69, 9.17) is 27.9 Å². The molecule has 0 bridgehead atoms. The normalized spacial score (nSPS) is 12.9. The van der Waals surface area contributed by atoms with Crippen LogP contribution in [0.5, 0.6) is 0 Å². The van der Waals surface area contributed by atoms with Gasteiger partial charge in [-0.05, 0) is 29.8 Å². The van der Waals surface area contributed by atoms with Gasteiger partial charge in [-0.15, -0.1) is 0 Å². The number of halogens is 2. The third-order valence-corrected chi connectivity index (χ3v) is 5.92. The van der Waals surface area contributed by atoms with Crippen LogP contribution < -0.4 is 4.72 Å². The standard InChI is InChI=1S/C18H16Cl2N2O4S/c1-26-18(23)17(6-11-10-21-16-5-3-2-4-15(11)16)22-27(24,25)14-8-12(19)7-13(20)9-14/h2-5,7-10,17,21-22H,6H2,1H3/t17-/m1/s1. The first-order valence-electron chi connectivity index (χ1n) is 7.91. The van der Waals surface area contributed by atoms with Gasteiger partial charge in [-0.1, -0.05) is 41.4 Å². The molecule has 1 atom stereocenters. The first kappa shape index (κ1) is 19.7. The van der Waals surface area contributed by atoms with Gasteiger partial charge in [0.2, 0.25) is 10.0 Å². The summed E-state index contributed by atoms with van der Waals surface area (Å²) in [5.41, 5.74) is 1.67. The van der Waals surface area contributed by atoms with Gasteiger partial charge in [-0.3, -0.25) is 4.79 Å². The molecule has 2 N–H and O–H groups in total. The maximum absolute atomic E-state index is 12.7. The first-order valence-corrected chi connectivity index (χ1v) is 10.2. The van der Waals surface area contributed by atoms with Gasteiger partial charge < -0.3 is 9.72 Å². The molecule has 0 aliphatic heterocycles. The summed E-state index contributed by atoms with van der Waals surface area (Å²) in [7, 11) is -2.84. The van der Waals surface area contributed by atoms with Crippen molar-refractivity contribution in [3.05, 3.63) is 64.3 Å². The Kier molecular flexibility index (Phi) is 5.76. The molecule has 0 saturated carbocycles. The van der Waals surface area contributed by atoms with Gasteiger partial charge in [0.1, 0.15) is 6.04 Å². The molecule has 0 amide bonds. The summed E-state index contributed by atoms with van der Waals surface area (Å²) in [6.07, 6.45) is 1.86. The molecule has 142 valence electrons. The third kappa shape index (κ3) is 4.44. The average Bonchev–Trinajstić information content (AvgIpc) is 3.02. The minimum Gasteiger partial charge on any atom is -0.468 e. The van der Waals surface area contributed by atoms with Crippen LogP contribution in [0, 0.1) is 0 Å². The molecule has 0 saturated heterocycles. The van der Waals surface area contributed by atoms with Gasteiger partial charge >= 0.3 is 5.97 Å². The van der Waals surface area contributed by atoms with Crippen LogP contribution in [-0.4, -0.2) is 32.5 Å². The maximum atomic E-state index is 12.7. The van der Waals surface area contributed by atoms with Gasteiger partial charge in [0, 0.05) is 33.6 Å². The van der Waals surface area contributed by atoms with Crippen LogP contribution >= 0.6 is 23.2 Å². The summed E-state index contributed by atoms with van der Waals surface area (Å²) in [6, 6.07) is 10.4. The Morgan fingerprint density at radius 1 is 1.19 bits per heavy atom. The number of nitrogens with one attached hydrogen (secondary N) is 2. The van der Waals surface area contributed by atoms with Crippen molar-refractivity contribution in [3.8, 4) is 0 Å². The maximum Gasteiger partial charge on any atom is 0.324 e. The summed E-state index contributed by atoms with van der Waals surface area (Å²) in [5.74, 6) is -0.697. The number of esters is 1. The molecule has 9 heteroatoms. The van der Waals surface area contributed by atoms with Crippen molar-refractivity contribution in [2.24, 2.45) is 0 Å². The van der Waals surface area contributed by atoms with E-state index in [9.17, 15) is 13.2 Å². The molecule has 3 aromatic rings. The smallest absolute Gasteiger partial charge is 0.324 e. The number of benzene rings is 2. The number of carbonyl (C=O) groups is 1. The minimum absolute atomic E-state index is 0.115. The summed E-state index contributed by atoms with van der Waals surface area (Å²) < 4.78 is 32.6. The highest BCUT2D eigenvalue weighted by Crippen LogP contribution is 2.24. The van der Waals surface area contributed by atoms with E-state index in [1.807, 2.05) is 24.3 Å². The minimum atomic E-state index is -4.05. The number of aromatic amines is 1. The van der Waals surface area contributed by atoms with E-state index in [1.54, 1.807) is 6.20 Å². The average molecular weight is 427 g/mol. The van der Waals surface area contributed by atoms with Crippen molar-refractivity contribution in [2.75, 3.05) is 7.11 Å². The van der Waals surface area contributed by atoms with Gasteiger partial charge in [0.05, 0.1) is 12.0 Å². The highest BCUT2D eigenvalue weighted by molar-refractivity contribution is 7.89. The molecule has 0 radical (unpaired) electrons. The molecule has 0 unspecified atom stereocenters. The van der Waals surface area contributed by atoms with Gasteiger partial charge in [-0.25, -0.2) is 8.42 Å². The molecule has 6 nitrogen and oxygen atoms in total. The number of aromatic nitrogens is 1. The zero-order valence-corrected chi connectivity index (χ0v) is 16.5. The molecular formula is C18H16Cl2N2O4S. The van der Waals surface area contributed by atoms with Gasteiger partial charge in [0.25, 0.3) is 0 Å². The highest BCUT2D eigenvalue weighted by atomic mass is 35.5. The predicted molar refractivity (Wildman–Crippen MR) is 105 cm³/mol. The van der Waals surface area contributed by atoms with E-state index in [0.717, 1.165) is 16.5 Å². The summed E-state index contributed by atoms with van der Waals surface area (Å²) in [5, 5.41) is 1.25. The van der Waals surface area contributed by atoms with Crippen LogP contribution in [0.25, 0.3) is 10.9 Å². The van der Waals surface area contributed by atoms with Crippen molar-refractivity contribution >= 4 is 50.1 Å². The van der Waals surface area contributed by atoms with Crippen molar-refractivity contribution in [1.82, 2.24) is 9.71 Å². The van der Waals surface area contributed by atoms with E-state index < -0.39 is 22.0 Å². The number of hydrogen-bond donors (Lipinski definition) is 2. The van der Waals surface area contributed by atoms with Crippen molar-refractivity contribution in [3.63, 3.8) is 0 Å². The van der Waals surface area contributed by atoms with E-state index in [-0.39, 0.29) is 21.4 Å². The number of carbonyl (C=O) groups excluding carboxylic acids is 1. The number of ether oxygens (including phenoxy) is 1. The largest absolute Gasteiger partial charge is 0.468 e. The highest BCUT2D eigenvalue weighted by Gasteiger charge is 2.28. The second kappa shape index (κ2) is 7.90. The Morgan fingerprint density at radius 3 is 2.52 bits per heavy atom. The molecule has 0 aliphatic rings. The number of fused-ring (bicyclic) bond motifs is 1. The Morgan fingerprint density at radius 2 is 1.85 bits per heavy atom. The van der Waals surface area contributed by atoms with Crippen LogP contribution in [0.15, 0.2) is 53.6 Å². The van der Waals surface area contributed by atoms with E-state index in [0.29, 0.717) is 0 Å². The fourth-order valence-corrected chi connectivity index (χ4v) is 4.68. The summed E-state index contributed by atoms with van der Waals surface area (Å²) in [6.45, 7) is 0. The Hall–Kier alpha value is -2.06. The number of para-hydroxylation sites is 1. The van der Waals surface area contributed by atoms with Crippen LogP contribution in [-0.2, 0) is 26.0 Å². The number of methoxy groups -OCH3 is 1. The van der Waals surface area contributed by atoms with Crippen LogP contribution in [0.1, 0.15) is 5.56 Å². The Balaban J connectivity index is 1.92. The zero-order chi connectivity index (χ0) is 19.6. The number of sulfonamides is 1. The molecule has 2 aromatic carbocycles. The molecule has 1 aromatic heterocycles. The molecule has 27 heavy (non-hydrogen) atoms. The lowest BCUT2D eigenvalue weighted by molar-refractivity contribution is -0.142. The van der Waals surface area contributed by atoms with Gasteiger partial charge in [0.15, 0.2) is 0 Å². The zero-order valence-electron chi connectivity index (χ0n) is 14.2. The molecule has 0 spiro atoms. The van der Waals surface area contributed by atoms with Gasteiger partial charge in [-0.2, -0.15) is 4.72 Å². The number of H-pyrrole nitrogens is 1. The molecule has 0 aliphatic carbocycles. The molecule has 3 rings (SSSR count). The predicted octanol–water partition coefficient (Wildman–Crippen LogP) is 3.54. The third-order valence-electron chi connectivity index (χ3n) is 4.03. The quantitative estimate of drug-likeness (QED) is 0.589. The second-order valence-electron chi connectivity index (χ2n) is 5.87.